The van der Waals surface area contributed by atoms with E-state index in [0.29, 0.717) is 10.7 Å². The zero-order chi connectivity index (χ0) is 26.4. The van der Waals surface area contributed by atoms with Crippen LogP contribution in [-0.4, -0.2) is 49.5 Å². The summed E-state index contributed by atoms with van der Waals surface area (Å²) >= 11 is 5.91. The predicted molar refractivity (Wildman–Crippen MR) is 137 cm³/mol. The molecule has 2 aromatic carbocycles. The van der Waals surface area contributed by atoms with Crippen molar-refractivity contribution in [3.05, 3.63) is 64.9 Å². The van der Waals surface area contributed by atoms with Crippen LogP contribution in [0.4, 0.5) is 10.1 Å². The van der Waals surface area contributed by atoms with Crippen LogP contribution in [0.5, 0.6) is 0 Å². The Kier molecular flexibility index (Phi) is 9.68. The highest BCUT2D eigenvalue weighted by Crippen LogP contribution is 2.22. The van der Waals surface area contributed by atoms with E-state index in [1.54, 1.807) is 49.4 Å². The Morgan fingerprint density at radius 2 is 1.69 bits per heavy atom. The largest absolute Gasteiger partial charge is 0.350 e. The molecule has 0 aliphatic rings. The van der Waals surface area contributed by atoms with E-state index in [1.165, 1.54) is 15.3 Å². The van der Waals surface area contributed by atoms with Gasteiger partial charge in [-0.3, -0.25) is 13.9 Å². The van der Waals surface area contributed by atoms with Crippen molar-refractivity contribution < 1.29 is 22.4 Å². The SMILES string of the molecule is C[C@@H](C(=O)NC(C)(C)C)N(Cc1ccccc1F)C(=O)CCCN(c1ccc(Cl)cc1)S(C)(=O)=O. The van der Waals surface area contributed by atoms with Crippen LogP contribution in [0.1, 0.15) is 46.1 Å². The molecule has 0 saturated carbocycles. The summed E-state index contributed by atoms with van der Waals surface area (Å²) in [5.41, 5.74) is 0.216. The average Bonchev–Trinajstić information content (AvgIpc) is 2.74. The van der Waals surface area contributed by atoms with Crippen LogP contribution >= 0.6 is 11.6 Å². The lowest BCUT2D eigenvalue weighted by atomic mass is 10.1. The lowest BCUT2D eigenvalue weighted by molar-refractivity contribution is -0.141. The van der Waals surface area contributed by atoms with E-state index in [4.69, 9.17) is 11.6 Å². The van der Waals surface area contributed by atoms with Gasteiger partial charge in [0.15, 0.2) is 0 Å². The molecule has 0 unspecified atom stereocenters. The third-order valence-electron chi connectivity index (χ3n) is 5.23. The molecule has 2 rings (SSSR count). The Bertz CT molecular complexity index is 1130. The number of amides is 2. The minimum absolute atomic E-state index is 0.0266. The van der Waals surface area contributed by atoms with Crippen molar-refractivity contribution in [1.29, 1.82) is 0 Å². The molecular weight excluding hydrogens is 493 g/mol. The number of nitrogens with zero attached hydrogens (tertiary/aromatic N) is 2. The molecule has 1 atom stereocenters. The average molecular weight is 526 g/mol. The smallest absolute Gasteiger partial charge is 0.242 e. The lowest BCUT2D eigenvalue weighted by Gasteiger charge is -2.32. The van der Waals surface area contributed by atoms with Gasteiger partial charge < -0.3 is 10.2 Å². The van der Waals surface area contributed by atoms with Crippen LogP contribution < -0.4 is 9.62 Å². The third kappa shape index (κ3) is 8.81. The molecule has 0 fully saturated rings. The van der Waals surface area contributed by atoms with E-state index in [0.717, 1.165) is 6.26 Å². The third-order valence-corrected chi connectivity index (χ3v) is 6.68. The van der Waals surface area contributed by atoms with Crippen molar-refractivity contribution >= 4 is 39.1 Å². The van der Waals surface area contributed by atoms with E-state index < -0.39 is 27.4 Å². The first-order valence-electron chi connectivity index (χ1n) is 11.3. The summed E-state index contributed by atoms with van der Waals surface area (Å²) in [6, 6.07) is 11.6. The summed E-state index contributed by atoms with van der Waals surface area (Å²) in [7, 11) is -3.60. The molecule has 2 amide bonds. The second kappa shape index (κ2) is 11.9. The zero-order valence-corrected chi connectivity index (χ0v) is 22.3. The molecule has 0 heterocycles. The second-order valence-corrected chi connectivity index (χ2v) is 11.8. The second-order valence-electron chi connectivity index (χ2n) is 9.44. The molecule has 0 spiro atoms. The highest BCUT2D eigenvalue weighted by molar-refractivity contribution is 7.92. The number of hydrogen-bond acceptors (Lipinski definition) is 4. The van der Waals surface area contributed by atoms with Crippen LogP contribution in [-0.2, 0) is 26.2 Å². The topological polar surface area (TPSA) is 86.8 Å². The molecule has 2 aromatic rings. The number of anilines is 1. The van der Waals surface area contributed by atoms with Crippen molar-refractivity contribution in [3.8, 4) is 0 Å². The minimum Gasteiger partial charge on any atom is -0.350 e. The highest BCUT2D eigenvalue weighted by Gasteiger charge is 2.29. The van der Waals surface area contributed by atoms with E-state index >= 15 is 0 Å². The summed E-state index contributed by atoms with van der Waals surface area (Å²) in [5.74, 6) is -1.21. The number of rotatable bonds is 10. The molecule has 0 aliphatic carbocycles. The zero-order valence-electron chi connectivity index (χ0n) is 20.7. The van der Waals surface area contributed by atoms with Crippen LogP contribution in [0.3, 0.4) is 0 Å². The molecule has 192 valence electrons. The van der Waals surface area contributed by atoms with Crippen LogP contribution in [0.25, 0.3) is 0 Å². The first-order chi connectivity index (χ1) is 16.2. The van der Waals surface area contributed by atoms with Gasteiger partial charge >= 0.3 is 0 Å². The van der Waals surface area contributed by atoms with Gasteiger partial charge in [-0.1, -0.05) is 29.8 Å². The number of hydrogen-bond donors (Lipinski definition) is 1. The van der Waals surface area contributed by atoms with Gasteiger partial charge in [-0.15, -0.1) is 0 Å². The maximum Gasteiger partial charge on any atom is 0.242 e. The van der Waals surface area contributed by atoms with Gasteiger partial charge in [0.05, 0.1) is 11.9 Å². The molecule has 0 saturated heterocycles. The monoisotopic (exact) mass is 525 g/mol. The number of carbonyl (C=O) groups is 2. The Morgan fingerprint density at radius 1 is 1.09 bits per heavy atom. The number of halogens is 2. The molecule has 0 aromatic heterocycles. The molecule has 0 bridgehead atoms. The standard InChI is InChI=1S/C25H33ClFN3O4S/c1-18(24(32)28-25(2,3)4)29(17-19-9-6-7-10-22(19)27)23(31)11-8-16-30(35(5,33)34)21-14-12-20(26)13-15-21/h6-7,9-10,12-15,18H,8,11,16-17H2,1-5H3,(H,28,32)/t18-/m0/s1. The molecular formula is C25H33ClFN3O4S. The molecule has 0 aliphatic heterocycles. The van der Waals surface area contributed by atoms with E-state index in [-0.39, 0.29) is 43.3 Å². The Morgan fingerprint density at radius 3 is 2.23 bits per heavy atom. The first-order valence-corrected chi connectivity index (χ1v) is 13.5. The Hall–Kier alpha value is -2.65. The van der Waals surface area contributed by atoms with E-state index in [1.807, 2.05) is 20.8 Å². The predicted octanol–water partition coefficient (Wildman–Crippen LogP) is 4.36. The minimum atomic E-state index is -3.60. The molecule has 10 heteroatoms. The van der Waals surface area contributed by atoms with Crippen molar-refractivity contribution in [2.45, 2.75) is 58.7 Å². The van der Waals surface area contributed by atoms with Gasteiger partial charge in [-0.2, -0.15) is 0 Å². The van der Waals surface area contributed by atoms with Crippen LogP contribution in [0, 0.1) is 5.82 Å². The molecule has 7 nitrogen and oxygen atoms in total. The van der Waals surface area contributed by atoms with E-state index in [9.17, 15) is 22.4 Å². The fourth-order valence-corrected chi connectivity index (χ4v) is 4.57. The van der Waals surface area contributed by atoms with Crippen LogP contribution in [0.2, 0.25) is 5.02 Å². The van der Waals surface area contributed by atoms with Gasteiger partial charge in [0, 0.05) is 35.6 Å². The summed E-state index contributed by atoms with van der Waals surface area (Å²) < 4.78 is 40.2. The van der Waals surface area contributed by atoms with E-state index in [2.05, 4.69) is 5.32 Å². The fourth-order valence-electron chi connectivity index (χ4n) is 3.48. The molecule has 1 N–H and O–H groups in total. The van der Waals surface area contributed by atoms with Gasteiger partial charge in [0.1, 0.15) is 11.9 Å². The van der Waals surface area contributed by atoms with Crippen LogP contribution in [0.15, 0.2) is 48.5 Å². The van der Waals surface area contributed by atoms with Gasteiger partial charge in [-0.25, -0.2) is 12.8 Å². The maximum absolute atomic E-state index is 14.3. The maximum atomic E-state index is 14.3. The van der Waals surface area contributed by atoms with Crippen molar-refractivity contribution in [2.24, 2.45) is 0 Å². The first kappa shape index (κ1) is 28.6. The van der Waals surface area contributed by atoms with Gasteiger partial charge in [-0.05, 0) is 64.4 Å². The number of sulfonamides is 1. The molecule has 35 heavy (non-hydrogen) atoms. The molecule has 0 radical (unpaired) electrons. The number of benzene rings is 2. The summed E-state index contributed by atoms with van der Waals surface area (Å²) in [6.07, 6.45) is 1.27. The quantitative estimate of drug-likeness (QED) is 0.499. The number of carbonyl (C=O) groups excluding carboxylic acids is 2. The van der Waals surface area contributed by atoms with Gasteiger partial charge in [0.25, 0.3) is 0 Å². The van der Waals surface area contributed by atoms with Crippen molar-refractivity contribution in [1.82, 2.24) is 10.2 Å². The lowest BCUT2D eigenvalue weighted by Crippen LogP contribution is -2.52. The van der Waals surface area contributed by atoms with Crippen molar-refractivity contribution in [2.75, 3.05) is 17.1 Å². The Balaban J connectivity index is 2.19. The van der Waals surface area contributed by atoms with Gasteiger partial charge in [0.2, 0.25) is 21.8 Å². The Labute approximate surface area is 212 Å². The normalized spacial score (nSPS) is 12.7. The van der Waals surface area contributed by atoms with Crippen molar-refractivity contribution in [3.63, 3.8) is 0 Å². The summed E-state index contributed by atoms with van der Waals surface area (Å²) in [6.45, 7) is 7.06. The summed E-state index contributed by atoms with van der Waals surface area (Å²) in [5, 5.41) is 3.33. The summed E-state index contributed by atoms with van der Waals surface area (Å²) in [4.78, 5) is 27.4. The number of nitrogens with one attached hydrogen (secondary N) is 1. The fraction of sp³-hybridized carbons (Fsp3) is 0.440. The highest BCUT2D eigenvalue weighted by atomic mass is 35.5.